The molecule has 0 saturated heterocycles. The Hall–Kier alpha value is -1.88. The summed E-state index contributed by atoms with van der Waals surface area (Å²) in [5.74, 6) is -1.12. The van der Waals surface area contributed by atoms with Crippen LogP contribution in [0.4, 0.5) is 5.69 Å². The number of aromatic carboxylic acids is 1. The zero-order chi connectivity index (χ0) is 16.2. The van der Waals surface area contributed by atoms with Crippen LogP contribution in [0.2, 0.25) is 0 Å². The van der Waals surface area contributed by atoms with Crippen LogP contribution in [-0.4, -0.2) is 29.1 Å². The number of nitrogens with one attached hydrogen (secondary N) is 2. The summed E-state index contributed by atoms with van der Waals surface area (Å²) < 4.78 is 0. The molecule has 21 heavy (non-hydrogen) atoms. The van der Waals surface area contributed by atoms with Gasteiger partial charge in [-0.3, -0.25) is 4.79 Å². The number of carbonyl (C=O) groups is 2. The van der Waals surface area contributed by atoms with E-state index in [1.165, 1.54) is 6.07 Å². The van der Waals surface area contributed by atoms with E-state index in [1.807, 2.05) is 27.7 Å². The Kier molecular flexibility index (Phi) is 5.49. The third-order valence-corrected chi connectivity index (χ3v) is 3.19. The van der Waals surface area contributed by atoms with Crippen molar-refractivity contribution >= 4 is 17.6 Å². The van der Waals surface area contributed by atoms with E-state index in [9.17, 15) is 9.59 Å². The van der Waals surface area contributed by atoms with Crippen molar-refractivity contribution in [2.24, 2.45) is 0 Å². The van der Waals surface area contributed by atoms with Gasteiger partial charge >= 0.3 is 5.97 Å². The Morgan fingerprint density at radius 3 is 2.33 bits per heavy atom. The smallest absolute Gasteiger partial charge is 0.336 e. The number of hydrogen-bond acceptors (Lipinski definition) is 3. The molecule has 0 aliphatic heterocycles. The van der Waals surface area contributed by atoms with Crippen LogP contribution in [-0.2, 0) is 4.79 Å². The summed E-state index contributed by atoms with van der Waals surface area (Å²) in [6.07, 6.45) is 0.340. The third-order valence-electron chi connectivity index (χ3n) is 3.19. The van der Waals surface area contributed by atoms with E-state index >= 15 is 0 Å². The predicted octanol–water partition coefficient (Wildman–Crippen LogP) is 2.72. The molecule has 1 amide bonds. The highest BCUT2D eigenvalue weighted by atomic mass is 16.4. The molecular formula is C16H24N2O3. The maximum absolute atomic E-state index is 11.9. The minimum Gasteiger partial charge on any atom is -0.478 e. The fraction of sp³-hybridized carbons (Fsp3) is 0.500. The van der Waals surface area contributed by atoms with E-state index in [1.54, 1.807) is 13.0 Å². The maximum atomic E-state index is 11.9. The molecule has 1 aromatic carbocycles. The standard InChI is InChI=1S/C16H24N2O3/c1-10-8-12(9-13(11(10)2)15(20)21)18-14(19)6-7-17-16(3,4)5/h8-9,17H,6-7H2,1-5H3,(H,18,19)(H,20,21). The quantitative estimate of drug-likeness (QED) is 0.779. The number of amides is 1. The molecule has 3 N–H and O–H groups in total. The first-order chi connectivity index (χ1) is 9.60. The number of anilines is 1. The van der Waals surface area contributed by atoms with Crippen molar-refractivity contribution in [2.75, 3.05) is 11.9 Å². The molecule has 0 bridgehead atoms. The topological polar surface area (TPSA) is 78.4 Å². The van der Waals surface area contributed by atoms with Crippen molar-refractivity contribution in [1.82, 2.24) is 5.32 Å². The monoisotopic (exact) mass is 292 g/mol. The summed E-state index contributed by atoms with van der Waals surface area (Å²) in [6, 6.07) is 3.29. The average molecular weight is 292 g/mol. The highest BCUT2D eigenvalue weighted by molar-refractivity contribution is 5.95. The van der Waals surface area contributed by atoms with Crippen LogP contribution in [0.3, 0.4) is 0 Å². The van der Waals surface area contributed by atoms with Crippen molar-refractivity contribution in [3.05, 3.63) is 28.8 Å². The summed E-state index contributed by atoms with van der Waals surface area (Å²) in [5, 5.41) is 15.1. The Morgan fingerprint density at radius 1 is 1.19 bits per heavy atom. The second-order valence-electron chi connectivity index (χ2n) is 6.25. The fourth-order valence-corrected chi connectivity index (χ4v) is 1.93. The van der Waals surface area contributed by atoms with Crippen LogP contribution < -0.4 is 10.6 Å². The lowest BCUT2D eigenvalue weighted by Gasteiger charge is -2.20. The molecule has 5 nitrogen and oxygen atoms in total. The number of benzene rings is 1. The van der Waals surface area contributed by atoms with Crippen LogP contribution in [0, 0.1) is 13.8 Å². The van der Waals surface area contributed by atoms with E-state index in [-0.39, 0.29) is 17.0 Å². The van der Waals surface area contributed by atoms with E-state index in [2.05, 4.69) is 10.6 Å². The van der Waals surface area contributed by atoms with Crippen LogP contribution in [0.1, 0.15) is 48.7 Å². The Balaban J connectivity index is 2.71. The average Bonchev–Trinajstić information content (AvgIpc) is 2.31. The van der Waals surface area contributed by atoms with E-state index < -0.39 is 5.97 Å². The van der Waals surface area contributed by atoms with E-state index in [0.29, 0.717) is 18.7 Å². The molecule has 116 valence electrons. The lowest BCUT2D eigenvalue weighted by Crippen LogP contribution is -2.37. The van der Waals surface area contributed by atoms with Gasteiger partial charge in [-0.15, -0.1) is 0 Å². The first-order valence-corrected chi connectivity index (χ1v) is 6.99. The van der Waals surface area contributed by atoms with E-state index in [0.717, 1.165) is 11.1 Å². The second kappa shape index (κ2) is 6.72. The fourth-order valence-electron chi connectivity index (χ4n) is 1.93. The number of rotatable bonds is 5. The van der Waals surface area contributed by atoms with Gasteiger partial charge in [-0.1, -0.05) is 0 Å². The summed E-state index contributed by atoms with van der Waals surface area (Å²) in [6.45, 7) is 10.3. The van der Waals surface area contributed by atoms with Crippen molar-refractivity contribution in [2.45, 2.75) is 46.6 Å². The zero-order valence-corrected chi connectivity index (χ0v) is 13.3. The molecule has 0 atom stereocenters. The molecule has 0 fully saturated rings. The largest absolute Gasteiger partial charge is 0.478 e. The molecule has 0 radical (unpaired) electrons. The highest BCUT2D eigenvalue weighted by Gasteiger charge is 2.13. The third kappa shape index (κ3) is 5.55. The molecule has 0 aliphatic carbocycles. The molecule has 0 unspecified atom stereocenters. The summed E-state index contributed by atoms with van der Waals surface area (Å²) in [5.41, 5.74) is 2.28. The van der Waals surface area contributed by atoms with Crippen molar-refractivity contribution < 1.29 is 14.7 Å². The van der Waals surface area contributed by atoms with Crippen molar-refractivity contribution in [3.8, 4) is 0 Å². The number of hydrogen-bond donors (Lipinski definition) is 3. The molecule has 1 rings (SSSR count). The SMILES string of the molecule is Cc1cc(NC(=O)CCNC(C)(C)C)cc(C(=O)O)c1C. The minimum absolute atomic E-state index is 0.0306. The van der Waals surface area contributed by atoms with Gasteiger partial charge in [0.25, 0.3) is 0 Å². The van der Waals surface area contributed by atoms with E-state index in [4.69, 9.17) is 5.11 Å². The van der Waals surface area contributed by atoms with Gasteiger partial charge in [0, 0.05) is 24.2 Å². The van der Waals surface area contributed by atoms with Gasteiger partial charge in [0.05, 0.1) is 5.56 Å². The first kappa shape index (κ1) is 17.2. The molecule has 1 aromatic rings. The van der Waals surface area contributed by atoms with Gasteiger partial charge in [-0.25, -0.2) is 4.79 Å². The lowest BCUT2D eigenvalue weighted by molar-refractivity contribution is -0.116. The minimum atomic E-state index is -0.985. The molecule has 0 aliphatic rings. The lowest BCUT2D eigenvalue weighted by atomic mass is 10.0. The first-order valence-electron chi connectivity index (χ1n) is 6.99. The summed E-state index contributed by atoms with van der Waals surface area (Å²) in [7, 11) is 0. The van der Waals surface area contributed by atoms with Crippen LogP contribution in [0.5, 0.6) is 0 Å². The Labute approximate surface area is 125 Å². The predicted molar refractivity (Wildman–Crippen MR) is 83.9 cm³/mol. The number of carbonyl (C=O) groups excluding carboxylic acids is 1. The van der Waals surface area contributed by atoms with Gasteiger partial charge in [-0.2, -0.15) is 0 Å². The van der Waals surface area contributed by atoms with Crippen LogP contribution in [0.15, 0.2) is 12.1 Å². The summed E-state index contributed by atoms with van der Waals surface area (Å²) in [4.78, 5) is 23.0. The van der Waals surface area contributed by atoms with Crippen LogP contribution in [0.25, 0.3) is 0 Å². The molecule has 0 aromatic heterocycles. The number of aryl methyl sites for hydroxylation is 1. The number of carboxylic acid groups (broad SMARTS) is 1. The summed E-state index contributed by atoms with van der Waals surface area (Å²) >= 11 is 0. The molecule has 0 heterocycles. The van der Waals surface area contributed by atoms with Gasteiger partial charge in [0.15, 0.2) is 0 Å². The molecule has 5 heteroatoms. The highest BCUT2D eigenvalue weighted by Crippen LogP contribution is 2.20. The van der Waals surface area contributed by atoms with Crippen LogP contribution >= 0.6 is 0 Å². The molecule has 0 saturated carbocycles. The Bertz CT molecular complexity index is 545. The number of carboxylic acids is 1. The maximum Gasteiger partial charge on any atom is 0.336 e. The normalized spacial score (nSPS) is 11.3. The second-order valence-corrected chi connectivity index (χ2v) is 6.25. The Morgan fingerprint density at radius 2 is 1.81 bits per heavy atom. The zero-order valence-electron chi connectivity index (χ0n) is 13.3. The van der Waals surface area contributed by atoms with Crippen molar-refractivity contribution in [1.29, 1.82) is 0 Å². The molecular weight excluding hydrogens is 268 g/mol. The van der Waals surface area contributed by atoms with Crippen molar-refractivity contribution in [3.63, 3.8) is 0 Å². The van der Waals surface area contributed by atoms with Gasteiger partial charge in [-0.05, 0) is 57.9 Å². The van der Waals surface area contributed by atoms with Gasteiger partial charge in [0.2, 0.25) is 5.91 Å². The molecule has 0 spiro atoms. The van der Waals surface area contributed by atoms with Gasteiger partial charge < -0.3 is 15.7 Å². The van der Waals surface area contributed by atoms with Gasteiger partial charge in [0.1, 0.15) is 0 Å².